The summed E-state index contributed by atoms with van der Waals surface area (Å²) >= 11 is 6.12. The molecule has 6 nitrogen and oxygen atoms in total. The van der Waals surface area contributed by atoms with Gasteiger partial charge < -0.3 is 10.1 Å². The molecule has 180 valence electrons. The highest BCUT2D eigenvalue weighted by atomic mass is 35.5. The van der Waals surface area contributed by atoms with Crippen LogP contribution in [0.5, 0.6) is 5.75 Å². The molecule has 0 aliphatic rings. The van der Waals surface area contributed by atoms with E-state index < -0.39 is 46.0 Å². The van der Waals surface area contributed by atoms with Crippen molar-refractivity contribution in [3.63, 3.8) is 0 Å². The summed E-state index contributed by atoms with van der Waals surface area (Å²) in [7, 11) is -3.91. The number of carbonyl (C=O) groups excluding carboxylic acids is 1. The topological polar surface area (TPSA) is 84.5 Å². The second kappa shape index (κ2) is 10.5. The molecule has 0 saturated heterocycles. The molecule has 0 fully saturated rings. The lowest BCUT2D eigenvalue weighted by molar-refractivity contribution is -0.137. The van der Waals surface area contributed by atoms with Crippen molar-refractivity contribution in [2.75, 3.05) is 11.9 Å². The zero-order chi connectivity index (χ0) is 24.9. The van der Waals surface area contributed by atoms with E-state index in [9.17, 15) is 26.4 Å². The first-order valence-electron chi connectivity index (χ1n) is 9.93. The minimum absolute atomic E-state index is 0.00372. The Balaban J connectivity index is 1.65. The number of anilines is 1. The van der Waals surface area contributed by atoms with Gasteiger partial charge in [-0.05, 0) is 42.8 Å². The lowest BCUT2D eigenvalue weighted by atomic mass is 10.1. The van der Waals surface area contributed by atoms with Crippen LogP contribution in [0.25, 0.3) is 0 Å². The Labute approximate surface area is 199 Å². The molecular formula is C23H20ClF3N2O4S. The summed E-state index contributed by atoms with van der Waals surface area (Å²) in [6.07, 6.45) is -4.64. The Morgan fingerprint density at radius 3 is 2.32 bits per heavy atom. The van der Waals surface area contributed by atoms with Gasteiger partial charge in [-0.15, -0.1) is 0 Å². The average molecular weight is 513 g/mol. The maximum Gasteiger partial charge on any atom is 0.418 e. The smallest absolute Gasteiger partial charge is 0.418 e. The highest BCUT2D eigenvalue weighted by Crippen LogP contribution is 2.34. The van der Waals surface area contributed by atoms with E-state index >= 15 is 0 Å². The van der Waals surface area contributed by atoms with E-state index in [2.05, 4.69) is 10.0 Å². The van der Waals surface area contributed by atoms with Crippen LogP contribution in [-0.4, -0.2) is 20.9 Å². The van der Waals surface area contributed by atoms with Crippen molar-refractivity contribution < 1.29 is 31.1 Å². The van der Waals surface area contributed by atoms with Crippen LogP contribution < -0.4 is 14.8 Å². The van der Waals surface area contributed by atoms with Crippen LogP contribution in [0.2, 0.25) is 5.02 Å². The first-order chi connectivity index (χ1) is 16.0. The summed E-state index contributed by atoms with van der Waals surface area (Å²) in [5, 5.41) is 2.06. The van der Waals surface area contributed by atoms with Gasteiger partial charge in [-0.2, -0.15) is 13.2 Å². The van der Waals surface area contributed by atoms with Crippen molar-refractivity contribution in [2.45, 2.75) is 24.0 Å². The summed E-state index contributed by atoms with van der Waals surface area (Å²) in [5.41, 5.74) is -0.627. The average Bonchev–Trinajstić information content (AvgIpc) is 2.78. The summed E-state index contributed by atoms with van der Waals surface area (Å²) in [4.78, 5) is 12.0. The van der Waals surface area contributed by atoms with Crippen molar-refractivity contribution >= 4 is 33.2 Å². The standard InChI is InChI=1S/C23H20ClF3N2O4S/c1-15(16-7-3-2-4-8-16)29-34(31,32)17-11-12-21(19(24)13-17)33-14-22(30)28-20-10-6-5-9-18(20)23(25,26)27/h2-13,15,29H,14H2,1H3,(H,28,30)/t15-/m0/s1. The molecule has 0 aromatic heterocycles. The van der Waals surface area contributed by atoms with Crippen molar-refractivity contribution in [1.29, 1.82) is 0 Å². The van der Waals surface area contributed by atoms with Gasteiger partial charge in [0.25, 0.3) is 5.91 Å². The van der Waals surface area contributed by atoms with Gasteiger partial charge in [0.1, 0.15) is 5.75 Å². The molecule has 0 aliphatic carbocycles. The molecule has 0 bridgehead atoms. The number of hydrogen-bond acceptors (Lipinski definition) is 4. The molecule has 0 aliphatic heterocycles. The zero-order valence-electron chi connectivity index (χ0n) is 17.8. The minimum Gasteiger partial charge on any atom is -0.482 e. The van der Waals surface area contributed by atoms with Gasteiger partial charge in [-0.25, -0.2) is 13.1 Å². The molecule has 3 aromatic carbocycles. The number of amides is 1. The number of para-hydroxylation sites is 1. The third-order valence-corrected chi connectivity index (χ3v) is 6.54. The number of halogens is 4. The first kappa shape index (κ1) is 25.5. The van der Waals surface area contributed by atoms with Gasteiger partial charge in [0.15, 0.2) is 6.61 Å². The van der Waals surface area contributed by atoms with Crippen LogP contribution in [0.4, 0.5) is 18.9 Å². The zero-order valence-corrected chi connectivity index (χ0v) is 19.3. The fourth-order valence-electron chi connectivity index (χ4n) is 3.05. The van der Waals surface area contributed by atoms with E-state index in [-0.39, 0.29) is 15.7 Å². The summed E-state index contributed by atoms with van der Waals surface area (Å²) in [6.45, 7) is 1.06. The Bertz CT molecular complexity index is 1270. The number of hydrogen-bond donors (Lipinski definition) is 2. The van der Waals surface area contributed by atoms with Crippen LogP contribution in [0, 0.1) is 0 Å². The van der Waals surface area contributed by atoms with Crippen molar-refractivity contribution in [3.05, 3.63) is 88.9 Å². The minimum atomic E-state index is -4.64. The Morgan fingerprint density at radius 1 is 1.03 bits per heavy atom. The molecule has 3 rings (SSSR count). The molecule has 2 N–H and O–H groups in total. The Kier molecular flexibility index (Phi) is 7.86. The van der Waals surface area contributed by atoms with Crippen LogP contribution in [-0.2, 0) is 21.0 Å². The summed E-state index contributed by atoms with van der Waals surface area (Å²) in [5.74, 6) is -0.848. The predicted octanol–water partition coefficient (Wildman–Crippen LogP) is 5.42. The second-order valence-electron chi connectivity index (χ2n) is 7.23. The van der Waals surface area contributed by atoms with Crippen LogP contribution in [0.15, 0.2) is 77.7 Å². The van der Waals surface area contributed by atoms with Crippen molar-refractivity contribution in [1.82, 2.24) is 4.72 Å². The van der Waals surface area contributed by atoms with Gasteiger partial charge in [0.05, 0.1) is 21.2 Å². The Hall–Kier alpha value is -3.08. The molecule has 1 amide bonds. The number of rotatable bonds is 8. The van der Waals surface area contributed by atoms with Crippen LogP contribution in [0.1, 0.15) is 24.1 Å². The molecule has 11 heteroatoms. The van der Waals surface area contributed by atoms with Gasteiger partial charge in [-0.1, -0.05) is 54.1 Å². The monoisotopic (exact) mass is 512 g/mol. The number of carbonyl (C=O) groups is 1. The molecule has 1 atom stereocenters. The van der Waals surface area contributed by atoms with E-state index in [1.165, 1.54) is 24.3 Å². The second-order valence-corrected chi connectivity index (χ2v) is 9.35. The van der Waals surface area contributed by atoms with E-state index in [1.54, 1.807) is 31.2 Å². The molecule has 34 heavy (non-hydrogen) atoms. The number of alkyl halides is 3. The van der Waals surface area contributed by atoms with E-state index in [1.807, 2.05) is 6.07 Å². The van der Waals surface area contributed by atoms with Gasteiger partial charge >= 0.3 is 6.18 Å². The molecule has 3 aromatic rings. The third kappa shape index (κ3) is 6.49. The quantitative estimate of drug-likeness (QED) is 0.422. The van der Waals surface area contributed by atoms with E-state index in [0.29, 0.717) is 0 Å². The molecule has 0 saturated carbocycles. The number of nitrogens with one attached hydrogen (secondary N) is 2. The lowest BCUT2D eigenvalue weighted by Gasteiger charge is -2.16. The molecule has 0 heterocycles. The molecule has 0 unspecified atom stereocenters. The Morgan fingerprint density at radius 2 is 1.68 bits per heavy atom. The fraction of sp³-hybridized carbons (Fsp3) is 0.174. The summed E-state index contributed by atoms with van der Waals surface area (Å²) < 4.78 is 72.4. The van der Waals surface area contributed by atoms with Crippen molar-refractivity contribution in [3.8, 4) is 5.75 Å². The largest absolute Gasteiger partial charge is 0.482 e. The lowest BCUT2D eigenvalue weighted by Crippen LogP contribution is -2.27. The van der Waals surface area contributed by atoms with Crippen LogP contribution >= 0.6 is 11.6 Å². The van der Waals surface area contributed by atoms with E-state index in [4.69, 9.17) is 16.3 Å². The van der Waals surface area contributed by atoms with Gasteiger partial charge in [0.2, 0.25) is 10.0 Å². The SMILES string of the molecule is C[C@H](NS(=O)(=O)c1ccc(OCC(=O)Nc2ccccc2C(F)(F)F)c(Cl)c1)c1ccccc1. The number of benzene rings is 3. The predicted molar refractivity (Wildman–Crippen MR) is 122 cm³/mol. The van der Waals surface area contributed by atoms with Crippen molar-refractivity contribution in [2.24, 2.45) is 0 Å². The highest BCUT2D eigenvalue weighted by Gasteiger charge is 2.33. The van der Waals surface area contributed by atoms with Gasteiger partial charge in [-0.3, -0.25) is 4.79 Å². The van der Waals surface area contributed by atoms with Gasteiger partial charge in [0, 0.05) is 6.04 Å². The fourth-order valence-corrected chi connectivity index (χ4v) is 4.60. The highest BCUT2D eigenvalue weighted by molar-refractivity contribution is 7.89. The van der Waals surface area contributed by atoms with E-state index in [0.717, 1.165) is 23.8 Å². The van der Waals surface area contributed by atoms with Crippen LogP contribution in [0.3, 0.4) is 0 Å². The number of ether oxygens (including phenoxy) is 1. The normalized spacial score (nSPS) is 12.7. The molecule has 0 radical (unpaired) electrons. The maximum absolute atomic E-state index is 13.1. The maximum atomic E-state index is 13.1. The third-order valence-electron chi connectivity index (χ3n) is 4.71. The molecule has 0 spiro atoms. The number of sulfonamides is 1. The summed E-state index contributed by atoms with van der Waals surface area (Å²) in [6, 6.07) is 16.7. The first-order valence-corrected chi connectivity index (χ1v) is 11.8. The molecular weight excluding hydrogens is 493 g/mol.